The Morgan fingerprint density at radius 3 is 2.91 bits per heavy atom. The summed E-state index contributed by atoms with van der Waals surface area (Å²) in [7, 11) is 1.77. The molecule has 0 spiro atoms. The number of rotatable bonds is 3. The average molecular weight is 298 g/mol. The average Bonchev–Trinajstić information content (AvgIpc) is 2.56. The molecule has 1 saturated carbocycles. The molecule has 2 N–H and O–H groups in total. The van der Waals surface area contributed by atoms with Gasteiger partial charge < -0.3 is 10.6 Å². The fourth-order valence-electron chi connectivity index (χ4n) is 2.84. The Kier molecular flexibility index (Phi) is 4.00. The Labute approximate surface area is 128 Å². The maximum Gasteiger partial charge on any atom is 0.254 e. The van der Waals surface area contributed by atoms with Gasteiger partial charge in [-0.15, -0.1) is 0 Å². The molecule has 1 atom stereocenters. The number of pyridine rings is 2. The zero-order valence-corrected chi connectivity index (χ0v) is 12.4. The minimum atomic E-state index is -0.373. The minimum absolute atomic E-state index is 0.116. The normalized spacial score (nSPS) is 18.2. The molecule has 2 heterocycles. The van der Waals surface area contributed by atoms with Gasteiger partial charge in [-0.05, 0) is 18.9 Å². The SMILES string of the molecule is CNc1ncc(C(=O)NC2CCCCC2=O)c2ccncc12. The molecule has 1 amide bonds. The van der Waals surface area contributed by atoms with Crippen LogP contribution in [0.25, 0.3) is 10.8 Å². The Hall–Kier alpha value is -2.50. The first-order chi connectivity index (χ1) is 10.7. The summed E-state index contributed by atoms with van der Waals surface area (Å²) < 4.78 is 0. The number of nitrogens with one attached hydrogen (secondary N) is 2. The lowest BCUT2D eigenvalue weighted by atomic mass is 9.94. The Bertz CT molecular complexity index is 729. The van der Waals surface area contributed by atoms with Crippen LogP contribution in [0.15, 0.2) is 24.7 Å². The van der Waals surface area contributed by atoms with Crippen LogP contribution in [-0.4, -0.2) is 34.7 Å². The van der Waals surface area contributed by atoms with Gasteiger partial charge in [0.15, 0.2) is 5.78 Å². The van der Waals surface area contributed by atoms with Crippen LogP contribution in [0, 0.1) is 0 Å². The first-order valence-corrected chi connectivity index (χ1v) is 7.44. The predicted octanol–water partition coefficient (Wildman–Crippen LogP) is 1.91. The van der Waals surface area contributed by atoms with E-state index in [9.17, 15) is 9.59 Å². The molecule has 2 aromatic heterocycles. The lowest BCUT2D eigenvalue weighted by Gasteiger charge is -2.22. The molecule has 6 heteroatoms. The topological polar surface area (TPSA) is 84.0 Å². The first kappa shape index (κ1) is 14.4. The van der Waals surface area contributed by atoms with E-state index in [2.05, 4.69) is 20.6 Å². The van der Waals surface area contributed by atoms with E-state index in [1.54, 1.807) is 25.5 Å². The highest BCUT2D eigenvalue weighted by Gasteiger charge is 2.25. The summed E-state index contributed by atoms with van der Waals surface area (Å²) in [6.45, 7) is 0. The summed E-state index contributed by atoms with van der Waals surface area (Å²) in [6, 6.07) is 1.41. The number of anilines is 1. The molecule has 3 rings (SSSR count). The molecule has 114 valence electrons. The number of carbonyl (C=O) groups is 2. The molecular formula is C16H18N4O2. The van der Waals surface area contributed by atoms with Crippen molar-refractivity contribution in [2.24, 2.45) is 0 Å². The Balaban J connectivity index is 1.92. The molecule has 0 radical (unpaired) electrons. The molecule has 6 nitrogen and oxygen atoms in total. The van der Waals surface area contributed by atoms with E-state index in [1.807, 2.05) is 0 Å². The summed E-state index contributed by atoms with van der Waals surface area (Å²) >= 11 is 0. The van der Waals surface area contributed by atoms with Crippen LogP contribution in [-0.2, 0) is 4.79 Å². The highest BCUT2D eigenvalue weighted by atomic mass is 16.2. The zero-order chi connectivity index (χ0) is 15.5. The molecule has 1 aliphatic carbocycles. The van der Waals surface area contributed by atoms with Crippen molar-refractivity contribution in [3.8, 4) is 0 Å². The van der Waals surface area contributed by atoms with Crippen molar-refractivity contribution in [3.05, 3.63) is 30.2 Å². The maximum absolute atomic E-state index is 12.5. The van der Waals surface area contributed by atoms with E-state index in [0.717, 1.165) is 23.6 Å². The van der Waals surface area contributed by atoms with Gasteiger partial charge in [-0.3, -0.25) is 14.6 Å². The smallest absolute Gasteiger partial charge is 0.254 e. The predicted molar refractivity (Wildman–Crippen MR) is 83.8 cm³/mol. The van der Waals surface area contributed by atoms with Gasteiger partial charge in [0.05, 0.1) is 11.6 Å². The standard InChI is InChI=1S/C16H18N4O2/c1-17-15-11-8-18-7-6-10(11)12(9-19-15)16(22)20-13-4-2-3-5-14(13)21/h6-9,13H,2-5H2,1H3,(H,17,19)(H,20,22). The van der Waals surface area contributed by atoms with Crippen LogP contribution in [0.1, 0.15) is 36.0 Å². The molecule has 0 aliphatic heterocycles. The highest BCUT2D eigenvalue weighted by Crippen LogP contribution is 2.23. The van der Waals surface area contributed by atoms with Gasteiger partial charge in [-0.25, -0.2) is 4.98 Å². The van der Waals surface area contributed by atoms with Crippen LogP contribution in [0.3, 0.4) is 0 Å². The number of aromatic nitrogens is 2. The molecule has 2 aromatic rings. The van der Waals surface area contributed by atoms with Gasteiger partial charge in [-0.1, -0.05) is 6.42 Å². The number of amides is 1. The van der Waals surface area contributed by atoms with E-state index < -0.39 is 0 Å². The second kappa shape index (κ2) is 6.09. The third-order valence-corrected chi connectivity index (χ3v) is 4.03. The lowest BCUT2D eigenvalue weighted by molar-refractivity contribution is -0.122. The summed E-state index contributed by atoms with van der Waals surface area (Å²) in [6.07, 6.45) is 8.01. The second-order valence-electron chi connectivity index (χ2n) is 5.43. The number of ketones is 1. The van der Waals surface area contributed by atoms with Crippen LogP contribution >= 0.6 is 0 Å². The van der Waals surface area contributed by atoms with Crippen LogP contribution in [0.2, 0.25) is 0 Å². The van der Waals surface area contributed by atoms with Crippen molar-refractivity contribution < 1.29 is 9.59 Å². The molecule has 1 aliphatic rings. The van der Waals surface area contributed by atoms with Crippen LogP contribution in [0.4, 0.5) is 5.82 Å². The van der Waals surface area contributed by atoms with Gasteiger partial charge in [0, 0.05) is 42.8 Å². The van der Waals surface area contributed by atoms with E-state index in [-0.39, 0.29) is 17.7 Å². The summed E-state index contributed by atoms with van der Waals surface area (Å²) in [5.74, 6) is 0.533. The highest BCUT2D eigenvalue weighted by molar-refractivity contribution is 6.10. The monoisotopic (exact) mass is 298 g/mol. The molecule has 22 heavy (non-hydrogen) atoms. The number of carbonyl (C=O) groups excluding carboxylic acids is 2. The molecular weight excluding hydrogens is 280 g/mol. The Morgan fingerprint density at radius 1 is 1.27 bits per heavy atom. The van der Waals surface area contributed by atoms with Gasteiger partial charge in [-0.2, -0.15) is 0 Å². The molecule has 0 saturated heterocycles. The maximum atomic E-state index is 12.5. The fourth-order valence-corrected chi connectivity index (χ4v) is 2.84. The molecule has 0 bridgehead atoms. The van der Waals surface area contributed by atoms with Crippen molar-refractivity contribution >= 4 is 28.3 Å². The van der Waals surface area contributed by atoms with Gasteiger partial charge >= 0.3 is 0 Å². The third kappa shape index (κ3) is 2.64. The number of Topliss-reactive ketones (excluding diaryl/α,β-unsaturated/α-hetero) is 1. The van der Waals surface area contributed by atoms with E-state index in [4.69, 9.17) is 0 Å². The fraction of sp³-hybridized carbons (Fsp3) is 0.375. The summed E-state index contributed by atoms with van der Waals surface area (Å²) in [5.41, 5.74) is 0.467. The molecule has 1 fully saturated rings. The van der Waals surface area contributed by atoms with E-state index in [0.29, 0.717) is 24.2 Å². The van der Waals surface area contributed by atoms with E-state index in [1.165, 1.54) is 6.20 Å². The van der Waals surface area contributed by atoms with Crippen molar-refractivity contribution in [1.82, 2.24) is 15.3 Å². The second-order valence-corrected chi connectivity index (χ2v) is 5.43. The lowest BCUT2D eigenvalue weighted by Crippen LogP contribution is -2.42. The van der Waals surface area contributed by atoms with Gasteiger partial charge in [0.2, 0.25) is 0 Å². The number of hydrogen-bond donors (Lipinski definition) is 2. The minimum Gasteiger partial charge on any atom is -0.373 e. The zero-order valence-electron chi connectivity index (χ0n) is 12.4. The van der Waals surface area contributed by atoms with Crippen LogP contribution < -0.4 is 10.6 Å². The van der Waals surface area contributed by atoms with Gasteiger partial charge in [0.1, 0.15) is 5.82 Å². The first-order valence-electron chi connectivity index (χ1n) is 7.44. The molecule has 1 unspecified atom stereocenters. The van der Waals surface area contributed by atoms with Crippen molar-refractivity contribution in [2.75, 3.05) is 12.4 Å². The number of nitrogens with zero attached hydrogens (tertiary/aromatic N) is 2. The number of hydrogen-bond acceptors (Lipinski definition) is 5. The van der Waals surface area contributed by atoms with E-state index >= 15 is 0 Å². The quantitative estimate of drug-likeness (QED) is 0.904. The largest absolute Gasteiger partial charge is 0.373 e. The van der Waals surface area contributed by atoms with Crippen molar-refractivity contribution in [1.29, 1.82) is 0 Å². The Morgan fingerprint density at radius 2 is 2.14 bits per heavy atom. The molecule has 0 aromatic carbocycles. The number of fused-ring (bicyclic) bond motifs is 1. The third-order valence-electron chi connectivity index (χ3n) is 4.03. The van der Waals surface area contributed by atoms with Crippen molar-refractivity contribution in [3.63, 3.8) is 0 Å². The van der Waals surface area contributed by atoms with Crippen LogP contribution in [0.5, 0.6) is 0 Å². The summed E-state index contributed by atoms with van der Waals surface area (Å²) in [5, 5.41) is 7.39. The summed E-state index contributed by atoms with van der Waals surface area (Å²) in [4.78, 5) is 32.7. The van der Waals surface area contributed by atoms with Gasteiger partial charge in [0.25, 0.3) is 5.91 Å². The van der Waals surface area contributed by atoms with Crippen molar-refractivity contribution in [2.45, 2.75) is 31.7 Å².